The van der Waals surface area contributed by atoms with Crippen LogP contribution in [0.1, 0.15) is 31.4 Å². The minimum absolute atomic E-state index is 0.0826. The van der Waals surface area contributed by atoms with Gasteiger partial charge in [0.1, 0.15) is 0 Å². The van der Waals surface area contributed by atoms with Crippen LogP contribution in [0.25, 0.3) is 0 Å². The van der Waals surface area contributed by atoms with Gasteiger partial charge in [-0.05, 0) is 31.2 Å². The zero-order valence-electron chi connectivity index (χ0n) is 12.1. The number of nitrogens with two attached hydrogens (primary N) is 1. The summed E-state index contributed by atoms with van der Waals surface area (Å²) in [5, 5.41) is 0. The van der Waals surface area contributed by atoms with Crippen LogP contribution < -0.4 is 5.73 Å². The summed E-state index contributed by atoms with van der Waals surface area (Å²) in [4.78, 5) is 2.48. The van der Waals surface area contributed by atoms with Crippen molar-refractivity contribution in [3.05, 3.63) is 35.9 Å². The molecule has 19 heavy (non-hydrogen) atoms. The van der Waals surface area contributed by atoms with E-state index in [-0.39, 0.29) is 6.04 Å². The molecular formula is C16H26N2O. The van der Waals surface area contributed by atoms with Crippen molar-refractivity contribution in [3.8, 4) is 0 Å². The predicted octanol–water partition coefficient (Wildman–Crippen LogP) is 2.43. The van der Waals surface area contributed by atoms with Gasteiger partial charge in [0, 0.05) is 32.3 Å². The van der Waals surface area contributed by atoms with Crippen LogP contribution >= 0.6 is 0 Å². The van der Waals surface area contributed by atoms with Gasteiger partial charge in [0.25, 0.3) is 0 Å². The van der Waals surface area contributed by atoms with E-state index in [1.807, 2.05) is 6.07 Å². The maximum atomic E-state index is 6.34. The van der Waals surface area contributed by atoms with Crippen LogP contribution in [-0.2, 0) is 4.74 Å². The molecular weight excluding hydrogens is 236 g/mol. The van der Waals surface area contributed by atoms with E-state index in [4.69, 9.17) is 10.5 Å². The van der Waals surface area contributed by atoms with E-state index < -0.39 is 0 Å². The van der Waals surface area contributed by atoms with E-state index in [2.05, 4.69) is 36.1 Å². The first-order valence-electron chi connectivity index (χ1n) is 7.26. The first-order chi connectivity index (χ1) is 9.22. The lowest BCUT2D eigenvalue weighted by atomic mass is 10.1. The molecule has 1 saturated carbocycles. The molecule has 0 saturated heterocycles. The lowest BCUT2D eigenvalue weighted by molar-refractivity contribution is 0.112. The summed E-state index contributed by atoms with van der Waals surface area (Å²) in [6.07, 6.45) is 2.73. The second kappa shape index (κ2) is 7.04. The molecule has 3 nitrogen and oxygen atoms in total. The molecule has 0 bridgehead atoms. The zero-order valence-corrected chi connectivity index (χ0v) is 12.1. The quantitative estimate of drug-likeness (QED) is 0.782. The molecule has 0 heterocycles. The van der Waals surface area contributed by atoms with E-state index in [1.165, 1.54) is 18.4 Å². The van der Waals surface area contributed by atoms with Crippen molar-refractivity contribution in [2.45, 2.75) is 31.8 Å². The molecule has 2 N–H and O–H groups in total. The fraction of sp³-hybridized carbons (Fsp3) is 0.625. The molecule has 2 unspecified atom stereocenters. The Hall–Kier alpha value is -0.900. The maximum Gasteiger partial charge on any atom is 0.0589 e. The Morgan fingerprint density at radius 1 is 1.32 bits per heavy atom. The first-order valence-corrected chi connectivity index (χ1v) is 7.26. The molecule has 2 atom stereocenters. The lowest BCUT2D eigenvalue weighted by Gasteiger charge is -2.31. The number of methoxy groups -OCH3 is 1. The molecule has 106 valence electrons. The standard InChI is InChI=1S/C16H26N2O/c1-13(14-8-9-14)18(10-11-19-2)12-16(17)15-6-4-3-5-7-15/h3-7,13-14,16H,8-12,17H2,1-2H3. The average molecular weight is 262 g/mol. The van der Waals surface area contributed by atoms with Gasteiger partial charge in [-0.15, -0.1) is 0 Å². The van der Waals surface area contributed by atoms with E-state index >= 15 is 0 Å². The Bertz CT molecular complexity index is 364. The normalized spacial score (nSPS) is 18.5. The second-order valence-corrected chi connectivity index (χ2v) is 5.58. The molecule has 2 rings (SSSR count). The van der Waals surface area contributed by atoms with Gasteiger partial charge >= 0.3 is 0 Å². The molecule has 0 radical (unpaired) electrons. The van der Waals surface area contributed by atoms with Crippen molar-refractivity contribution in [2.75, 3.05) is 26.8 Å². The van der Waals surface area contributed by atoms with Gasteiger partial charge in [0.2, 0.25) is 0 Å². The summed E-state index contributed by atoms with van der Waals surface area (Å²) in [6.45, 7) is 4.98. The van der Waals surface area contributed by atoms with Crippen molar-refractivity contribution < 1.29 is 4.74 Å². The molecule has 0 spiro atoms. The largest absolute Gasteiger partial charge is 0.383 e. The SMILES string of the molecule is COCCN(CC(N)c1ccccc1)C(C)C1CC1. The Labute approximate surface area is 116 Å². The number of hydrogen-bond acceptors (Lipinski definition) is 3. The van der Waals surface area contributed by atoms with Crippen LogP contribution in [-0.4, -0.2) is 37.7 Å². The van der Waals surface area contributed by atoms with Crippen LogP contribution in [0.4, 0.5) is 0 Å². The average Bonchev–Trinajstić information content (AvgIpc) is 3.28. The lowest BCUT2D eigenvalue weighted by Crippen LogP contribution is -2.41. The van der Waals surface area contributed by atoms with E-state index in [9.17, 15) is 0 Å². The monoisotopic (exact) mass is 262 g/mol. The fourth-order valence-electron chi connectivity index (χ4n) is 2.60. The Balaban J connectivity index is 1.94. The third kappa shape index (κ3) is 4.30. The minimum atomic E-state index is 0.0826. The zero-order chi connectivity index (χ0) is 13.7. The highest BCUT2D eigenvalue weighted by Crippen LogP contribution is 2.35. The minimum Gasteiger partial charge on any atom is -0.383 e. The highest BCUT2D eigenvalue weighted by Gasteiger charge is 2.32. The molecule has 1 aromatic rings. The molecule has 1 aliphatic carbocycles. The number of ether oxygens (including phenoxy) is 1. The molecule has 0 aliphatic heterocycles. The van der Waals surface area contributed by atoms with Crippen molar-refractivity contribution in [2.24, 2.45) is 11.7 Å². The van der Waals surface area contributed by atoms with Gasteiger partial charge in [-0.25, -0.2) is 0 Å². The van der Waals surface area contributed by atoms with Crippen LogP contribution in [0.2, 0.25) is 0 Å². The van der Waals surface area contributed by atoms with Gasteiger partial charge < -0.3 is 10.5 Å². The summed E-state index contributed by atoms with van der Waals surface area (Å²) in [7, 11) is 1.76. The highest BCUT2D eigenvalue weighted by atomic mass is 16.5. The molecule has 0 amide bonds. The van der Waals surface area contributed by atoms with Crippen LogP contribution in [0.15, 0.2) is 30.3 Å². The molecule has 1 aliphatic rings. The van der Waals surface area contributed by atoms with E-state index in [1.54, 1.807) is 7.11 Å². The highest BCUT2D eigenvalue weighted by molar-refractivity contribution is 5.18. The van der Waals surface area contributed by atoms with Crippen LogP contribution in [0.5, 0.6) is 0 Å². The Morgan fingerprint density at radius 3 is 2.58 bits per heavy atom. The number of hydrogen-bond donors (Lipinski definition) is 1. The Morgan fingerprint density at radius 2 is 2.00 bits per heavy atom. The van der Waals surface area contributed by atoms with Crippen molar-refractivity contribution >= 4 is 0 Å². The predicted molar refractivity (Wildman–Crippen MR) is 79.0 cm³/mol. The molecule has 3 heteroatoms. The van der Waals surface area contributed by atoms with Crippen molar-refractivity contribution in [1.29, 1.82) is 0 Å². The van der Waals surface area contributed by atoms with Gasteiger partial charge in [0.15, 0.2) is 0 Å². The summed E-state index contributed by atoms with van der Waals surface area (Å²) in [5.74, 6) is 0.861. The van der Waals surface area contributed by atoms with Crippen LogP contribution in [0, 0.1) is 5.92 Å². The number of nitrogens with zero attached hydrogens (tertiary/aromatic N) is 1. The topological polar surface area (TPSA) is 38.5 Å². The third-order valence-corrected chi connectivity index (χ3v) is 4.12. The van der Waals surface area contributed by atoms with E-state index in [0.29, 0.717) is 6.04 Å². The van der Waals surface area contributed by atoms with Gasteiger partial charge in [-0.3, -0.25) is 4.90 Å². The summed E-state index contributed by atoms with van der Waals surface area (Å²) >= 11 is 0. The van der Waals surface area contributed by atoms with Crippen LogP contribution in [0.3, 0.4) is 0 Å². The van der Waals surface area contributed by atoms with Crippen molar-refractivity contribution in [1.82, 2.24) is 4.90 Å². The van der Waals surface area contributed by atoms with Gasteiger partial charge in [-0.2, -0.15) is 0 Å². The van der Waals surface area contributed by atoms with Gasteiger partial charge in [0.05, 0.1) is 6.61 Å². The molecule has 1 fully saturated rings. The molecule has 0 aromatic heterocycles. The Kier molecular flexibility index (Phi) is 5.37. The summed E-state index contributed by atoms with van der Waals surface area (Å²) in [5.41, 5.74) is 7.56. The smallest absolute Gasteiger partial charge is 0.0589 e. The molecule has 1 aromatic carbocycles. The number of rotatable bonds is 8. The summed E-state index contributed by atoms with van der Waals surface area (Å²) in [6, 6.07) is 11.1. The fourth-order valence-corrected chi connectivity index (χ4v) is 2.60. The summed E-state index contributed by atoms with van der Waals surface area (Å²) < 4.78 is 5.23. The number of benzene rings is 1. The second-order valence-electron chi connectivity index (χ2n) is 5.58. The van der Waals surface area contributed by atoms with Gasteiger partial charge in [-0.1, -0.05) is 30.3 Å². The third-order valence-electron chi connectivity index (χ3n) is 4.12. The van der Waals surface area contributed by atoms with Crippen molar-refractivity contribution in [3.63, 3.8) is 0 Å². The van der Waals surface area contributed by atoms with E-state index in [0.717, 1.165) is 25.6 Å². The first kappa shape index (κ1) is 14.5. The maximum absolute atomic E-state index is 6.34.